The number of aliphatic hydroxyl groups excluding tert-OH is 1. The molecule has 1 aromatic rings. The van der Waals surface area contributed by atoms with Crippen LogP contribution >= 0.6 is 0 Å². The molecule has 1 saturated heterocycles. The zero-order valence-corrected chi connectivity index (χ0v) is 12.1. The second-order valence-electron chi connectivity index (χ2n) is 5.01. The minimum atomic E-state index is -0.457. The normalized spacial score (nSPS) is 18.6. The molecule has 6 heteroatoms. The molecule has 1 aromatic carbocycles. The summed E-state index contributed by atoms with van der Waals surface area (Å²) in [5.41, 5.74) is 1.16. The molecule has 0 spiro atoms. The Hall–Kier alpha value is -1.66. The number of morpholine rings is 1. The second kappa shape index (κ2) is 7.38. The van der Waals surface area contributed by atoms with Crippen molar-refractivity contribution in [1.29, 1.82) is 0 Å². The van der Waals surface area contributed by atoms with Gasteiger partial charge in [-0.15, -0.1) is 0 Å². The van der Waals surface area contributed by atoms with E-state index in [4.69, 9.17) is 4.74 Å². The summed E-state index contributed by atoms with van der Waals surface area (Å²) in [6.07, 6.45) is 0.859. The fourth-order valence-corrected chi connectivity index (χ4v) is 2.44. The lowest BCUT2D eigenvalue weighted by Crippen LogP contribution is -2.54. The van der Waals surface area contributed by atoms with Crippen LogP contribution in [-0.2, 0) is 16.1 Å². The molecule has 0 saturated carbocycles. The van der Waals surface area contributed by atoms with Gasteiger partial charge in [-0.25, -0.2) is 4.39 Å². The van der Waals surface area contributed by atoms with Gasteiger partial charge < -0.3 is 20.1 Å². The Balaban J connectivity index is 2.24. The van der Waals surface area contributed by atoms with E-state index in [-0.39, 0.29) is 19.1 Å². The highest BCUT2D eigenvalue weighted by Gasteiger charge is 2.30. The Labute approximate surface area is 123 Å². The highest BCUT2D eigenvalue weighted by atomic mass is 19.1. The number of hydrogen-bond acceptors (Lipinski definition) is 4. The first-order chi connectivity index (χ1) is 10.2. The van der Waals surface area contributed by atoms with Crippen LogP contribution in [0, 0.1) is 5.82 Å². The molecule has 1 heterocycles. The number of amides is 1. The first-order valence-corrected chi connectivity index (χ1v) is 7.18. The molecule has 5 nitrogen and oxygen atoms in total. The van der Waals surface area contributed by atoms with E-state index in [1.807, 2.05) is 11.8 Å². The molecule has 2 rings (SSSR count). The van der Waals surface area contributed by atoms with E-state index in [0.29, 0.717) is 30.9 Å². The van der Waals surface area contributed by atoms with Gasteiger partial charge in [0.2, 0.25) is 5.91 Å². The molecule has 1 atom stereocenters. The summed E-state index contributed by atoms with van der Waals surface area (Å²) in [5, 5.41) is 12.3. The summed E-state index contributed by atoms with van der Waals surface area (Å²) in [6, 6.07) is 3.78. The first kappa shape index (κ1) is 15.7. The van der Waals surface area contributed by atoms with E-state index in [2.05, 4.69) is 5.32 Å². The summed E-state index contributed by atoms with van der Waals surface area (Å²) in [4.78, 5) is 14.1. The summed E-state index contributed by atoms with van der Waals surface area (Å²) in [6.45, 7) is 3.65. The number of halogens is 1. The van der Waals surface area contributed by atoms with Crippen LogP contribution < -0.4 is 10.2 Å². The van der Waals surface area contributed by atoms with Gasteiger partial charge in [0.05, 0.1) is 19.8 Å². The van der Waals surface area contributed by atoms with Gasteiger partial charge in [-0.05, 0) is 24.6 Å². The number of hydrogen-bond donors (Lipinski definition) is 2. The Kier molecular flexibility index (Phi) is 5.52. The van der Waals surface area contributed by atoms with Gasteiger partial charge in [-0.2, -0.15) is 0 Å². The molecule has 0 bridgehead atoms. The zero-order chi connectivity index (χ0) is 15.2. The number of nitrogens with one attached hydrogen (secondary N) is 1. The van der Waals surface area contributed by atoms with Crippen molar-refractivity contribution in [3.63, 3.8) is 0 Å². The van der Waals surface area contributed by atoms with Gasteiger partial charge in [0, 0.05) is 24.3 Å². The van der Waals surface area contributed by atoms with Gasteiger partial charge in [-0.1, -0.05) is 6.92 Å². The molecule has 21 heavy (non-hydrogen) atoms. The van der Waals surface area contributed by atoms with E-state index >= 15 is 0 Å². The van der Waals surface area contributed by atoms with E-state index in [9.17, 15) is 14.3 Å². The predicted molar refractivity (Wildman–Crippen MR) is 77.6 cm³/mol. The van der Waals surface area contributed by atoms with Crippen molar-refractivity contribution in [2.45, 2.75) is 26.0 Å². The summed E-state index contributed by atoms with van der Waals surface area (Å²) >= 11 is 0. The third kappa shape index (κ3) is 3.71. The van der Waals surface area contributed by atoms with Gasteiger partial charge >= 0.3 is 0 Å². The number of benzene rings is 1. The highest BCUT2D eigenvalue weighted by molar-refractivity contribution is 5.86. The van der Waals surface area contributed by atoms with Crippen LogP contribution in [0.5, 0.6) is 0 Å². The molecule has 116 valence electrons. The Bertz CT molecular complexity index is 496. The van der Waals surface area contributed by atoms with E-state index in [1.165, 1.54) is 12.1 Å². The number of aliphatic hydroxyl groups is 1. The van der Waals surface area contributed by atoms with Crippen LogP contribution in [0.4, 0.5) is 10.1 Å². The number of carbonyl (C=O) groups excluding carboxylic acids is 1. The summed E-state index contributed by atoms with van der Waals surface area (Å²) in [7, 11) is 0. The van der Waals surface area contributed by atoms with Crippen LogP contribution in [0.25, 0.3) is 0 Å². The zero-order valence-electron chi connectivity index (χ0n) is 12.1. The number of carbonyl (C=O) groups is 1. The maximum absolute atomic E-state index is 13.3. The fourth-order valence-electron chi connectivity index (χ4n) is 2.44. The van der Waals surface area contributed by atoms with Crippen LogP contribution in [0.1, 0.15) is 18.9 Å². The van der Waals surface area contributed by atoms with Crippen molar-refractivity contribution < 1.29 is 19.0 Å². The third-order valence-electron chi connectivity index (χ3n) is 3.50. The monoisotopic (exact) mass is 296 g/mol. The molecule has 1 amide bonds. The van der Waals surface area contributed by atoms with Gasteiger partial charge in [0.15, 0.2) is 0 Å². The van der Waals surface area contributed by atoms with Gasteiger partial charge in [0.25, 0.3) is 0 Å². The van der Waals surface area contributed by atoms with Crippen molar-refractivity contribution >= 4 is 11.6 Å². The number of rotatable bonds is 5. The molecule has 0 aromatic heterocycles. The van der Waals surface area contributed by atoms with Crippen LogP contribution in [0.2, 0.25) is 0 Å². The average Bonchev–Trinajstić information content (AvgIpc) is 2.52. The minimum absolute atomic E-state index is 0.107. The molecular weight excluding hydrogens is 275 g/mol. The fraction of sp³-hybridized carbons (Fsp3) is 0.533. The minimum Gasteiger partial charge on any atom is -0.392 e. The van der Waals surface area contributed by atoms with E-state index in [1.54, 1.807) is 6.07 Å². The first-order valence-electron chi connectivity index (χ1n) is 7.18. The molecule has 1 fully saturated rings. The van der Waals surface area contributed by atoms with Crippen LogP contribution in [-0.4, -0.2) is 43.4 Å². The average molecular weight is 296 g/mol. The van der Waals surface area contributed by atoms with E-state index < -0.39 is 11.9 Å². The smallest absolute Gasteiger partial charge is 0.245 e. The maximum Gasteiger partial charge on any atom is 0.245 e. The van der Waals surface area contributed by atoms with Crippen LogP contribution in [0.15, 0.2) is 18.2 Å². The molecule has 0 aliphatic carbocycles. The Morgan fingerprint density at radius 2 is 2.38 bits per heavy atom. The Morgan fingerprint density at radius 1 is 1.57 bits per heavy atom. The molecule has 1 aliphatic heterocycles. The van der Waals surface area contributed by atoms with Crippen LogP contribution in [0.3, 0.4) is 0 Å². The molecule has 0 radical (unpaired) electrons. The standard InChI is InChI=1S/C15H21FN2O3/c1-2-5-17-15(20)14-10-21-7-6-18(14)13-4-3-12(16)8-11(13)9-19/h3-4,8,14,19H,2,5-7,9-10H2,1H3,(H,17,20). The lowest BCUT2D eigenvalue weighted by atomic mass is 10.1. The van der Waals surface area contributed by atoms with Crippen molar-refractivity contribution in [3.8, 4) is 0 Å². The Morgan fingerprint density at radius 3 is 3.10 bits per heavy atom. The number of nitrogens with zero attached hydrogens (tertiary/aromatic N) is 1. The SMILES string of the molecule is CCCNC(=O)C1COCCN1c1ccc(F)cc1CO. The van der Waals surface area contributed by atoms with Gasteiger partial charge in [0.1, 0.15) is 11.9 Å². The van der Waals surface area contributed by atoms with Gasteiger partial charge in [-0.3, -0.25) is 4.79 Å². The molecule has 1 aliphatic rings. The summed E-state index contributed by atoms with van der Waals surface area (Å²) in [5.74, 6) is -0.507. The highest BCUT2D eigenvalue weighted by Crippen LogP contribution is 2.25. The van der Waals surface area contributed by atoms with Crippen molar-refractivity contribution in [2.75, 3.05) is 31.2 Å². The van der Waals surface area contributed by atoms with Crippen molar-refractivity contribution in [2.24, 2.45) is 0 Å². The molecular formula is C15H21FN2O3. The van der Waals surface area contributed by atoms with Crippen molar-refractivity contribution in [1.82, 2.24) is 5.32 Å². The number of anilines is 1. The maximum atomic E-state index is 13.3. The third-order valence-corrected chi connectivity index (χ3v) is 3.50. The topological polar surface area (TPSA) is 61.8 Å². The second-order valence-corrected chi connectivity index (χ2v) is 5.01. The quantitative estimate of drug-likeness (QED) is 0.852. The largest absolute Gasteiger partial charge is 0.392 e. The molecule has 1 unspecified atom stereocenters. The molecule has 2 N–H and O–H groups in total. The van der Waals surface area contributed by atoms with Crippen molar-refractivity contribution in [3.05, 3.63) is 29.6 Å². The lowest BCUT2D eigenvalue weighted by Gasteiger charge is -2.37. The predicted octanol–water partition coefficient (Wildman–Crippen LogP) is 1.05. The summed E-state index contributed by atoms with van der Waals surface area (Å²) < 4.78 is 18.7. The lowest BCUT2D eigenvalue weighted by molar-refractivity contribution is -0.124. The number of ether oxygens (including phenoxy) is 1. The van der Waals surface area contributed by atoms with E-state index in [0.717, 1.165) is 6.42 Å².